The molecule has 3 atom stereocenters. The first-order valence-corrected chi connectivity index (χ1v) is 8.33. The lowest BCUT2D eigenvalue weighted by Gasteiger charge is -2.45. The van der Waals surface area contributed by atoms with Gasteiger partial charge in [-0.1, -0.05) is 34.1 Å². The highest BCUT2D eigenvalue weighted by Crippen LogP contribution is 2.43. The van der Waals surface area contributed by atoms with E-state index in [1.54, 1.807) is 7.11 Å². The van der Waals surface area contributed by atoms with Crippen molar-refractivity contribution in [3.8, 4) is 0 Å². The average molecular weight is 299 g/mol. The molecule has 21 heavy (non-hydrogen) atoms. The van der Waals surface area contributed by atoms with Gasteiger partial charge in [0, 0.05) is 19.7 Å². The van der Waals surface area contributed by atoms with E-state index in [1.807, 2.05) is 0 Å². The lowest BCUT2D eigenvalue weighted by molar-refractivity contribution is -0.147. The zero-order valence-electron chi connectivity index (χ0n) is 14.4. The number of hydrogen-bond acceptors (Lipinski definition) is 3. The van der Waals surface area contributed by atoms with E-state index in [-0.39, 0.29) is 12.0 Å². The summed E-state index contributed by atoms with van der Waals surface area (Å²) in [6.07, 6.45) is 3.98. The van der Waals surface area contributed by atoms with E-state index in [9.17, 15) is 9.90 Å². The molecule has 1 N–H and O–H groups in total. The molecule has 0 heterocycles. The minimum atomic E-state index is -0.636. The molecule has 4 heteroatoms. The van der Waals surface area contributed by atoms with Crippen molar-refractivity contribution in [2.45, 2.75) is 59.4 Å². The van der Waals surface area contributed by atoms with Crippen molar-refractivity contribution < 1.29 is 14.6 Å². The summed E-state index contributed by atoms with van der Waals surface area (Å²) in [5.74, 6) is -0.256. The number of nitrogens with zero attached hydrogens (tertiary/aromatic N) is 1. The Labute approximate surface area is 129 Å². The van der Waals surface area contributed by atoms with Gasteiger partial charge in [-0.25, -0.2) is 0 Å². The molecule has 0 bridgehead atoms. The number of rotatable bonds is 8. The van der Waals surface area contributed by atoms with Gasteiger partial charge in [0.15, 0.2) is 0 Å². The molecule has 1 saturated carbocycles. The second-order valence-electron chi connectivity index (χ2n) is 6.99. The highest BCUT2D eigenvalue weighted by Gasteiger charge is 2.41. The topological polar surface area (TPSA) is 49.8 Å². The molecule has 0 aromatic rings. The Kier molecular flexibility index (Phi) is 7.14. The zero-order chi connectivity index (χ0) is 16.0. The van der Waals surface area contributed by atoms with Crippen molar-refractivity contribution in [1.29, 1.82) is 0 Å². The summed E-state index contributed by atoms with van der Waals surface area (Å²) >= 11 is 0. The number of methoxy groups -OCH3 is 1. The normalized spacial score (nSPS) is 27.0. The number of carbonyl (C=O) groups is 1. The van der Waals surface area contributed by atoms with Crippen LogP contribution in [0.15, 0.2) is 0 Å². The third kappa shape index (κ3) is 4.68. The van der Waals surface area contributed by atoms with Crippen LogP contribution in [0, 0.1) is 17.3 Å². The van der Waals surface area contributed by atoms with Crippen LogP contribution in [0.3, 0.4) is 0 Å². The van der Waals surface area contributed by atoms with Crippen molar-refractivity contribution in [2.75, 3.05) is 26.8 Å². The van der Waals surface area contributed by atoms with Crippen molar-refractivity contribution >= 4 is 5.97 Å². The van der Waals surface area contributed by atoms with Crippen molar-refractivity contribution in [2.24, 2.45) is 17.3 Å². The molecular weight excluding hydrogens is 266 g/mol. The molecule has 1 fully saturated rings. The SMILES string of the molecule is CCN(CCOC)C1CC(C(C)(C)CC)CCC1C(=O)O. The van der Waals surface area contributed by atoms with Crippen LogP contribution in [-0.4, -0.2) is 48.8 Å². The van der Waals surface area contributed by atoms with Crippen LogP contribution >= 0.6 is 0 Å². The van der Waals surface area contributed by atoms with Crippen LogP contribution in [0.4, 0.5) is 0 Å². The minimum absolute atomic E-state index is 0.146. The summed E-state index contributed by atoms with van der Waals surface area (Å²) < 4.78 is 5.19. The smallest absolute Gasteiger partial charge is 0.308 e. The third-order valence-electron chi connectivity index (χ3n) is 5.61. The Hall–Kier alpha value is -0.610. The fraction of sp³-hybridized carbons (Fsp3) is 0.941. The summed E-state index contributed by atoms with van der Waals surface area (Å²) in [6, 6.07) is 0.146. The van der Waals surface area contributed by atoms with E-state index in [2.05, 4.69) is 32.6 Å². The second-order valence-corrected chi connectivity index (χ2v) is 6.99. The molecule has 124 valence electrons. The number of ether oxygens (including phenoxy) is 1. The molecule has 0 radical (unpaired) electrons. The number of carboxylic acid groups (broad SMARTS) is 1. The summed E-state index contributed by atoms with van der Waals surface area (Å²) in [4.78, 5) is 13.9. The van der Waals surface area contributed by atoms with E-state index >= 15 is 0 Å². The summed E-state index contributed by atoms with van der Waals surface area (Å²) in [5, 5.41) is 9.57. The molecule has 0 aromatic carbocycles. The summed E-state index contributed by atoms with van der Waals surface area (Å²) in [7, 11) is 1.70. The lowest BCUT2D eigenvalue weighted by atomic mass is 9.65. The van der Waals surface area contributed by atoms with Gasteiger partial charge in [0.05, 0.1) is 12.5 Å². The standard InChI is InChI=1S/C17H33NO3/c1-6-17(3,4)13-8-9-14(16(19)20)15(12-13)18(7-2)10-11-21-5/h13-15H,6-12H2,1-5H3,(H,19,20). The van der Waals surface area contributed by atoms with Crippen LogP contribution in [0.5, 0.6) is 0 Å². The Morgan fingerprint density at radius 2 is 2.00 bits per heavy atom. The molecule has 0 amide bonds. The molecule has 4 nitrogen and oxygen atoms in total. The molecule has 0 spiro atoms. The summed E-state index contributed by atoms with van der Waals surface area (Å²) in [5.41, 5.74) is 0.294. The maximum absolute atomic E-state index is 11.6. The molecule has 0 aliphatic heterocycles. The van der Waals surface area contributed by atoms with Gasteiger partial charge in [0.2, 0.25) is 0 Å². The maximum Gasteiger partial charge on any atom is 0.308 e. The Bertz CT molecular complexity index is 330. The van der Waals surface area contributed by atoms with Crippen molar-refractivity contribution in [1.82, 2.24) is 4.90 Å². The zero-order valence-corrected chi connectivity index (χ0v) is 14.4. The van der Waals surface area contributed by atoms with Crippen molar-refractivity contribution in [3.05, 3.63) is 0 Å². The van der Waals surface area contributed by atoms with Gasteiger partial charge in [-0.15, -0.1) is 0 Å². The largest absolute Gasteiger partial charge is 0.481 e. The fourth-order valence-electron chi connectivity index (χ4n) is 3.60. The minimum Gasteiger partial charge on any atom is -0.481 e. The van der Waals surface area contributed by atoms with Gasteiger partial charge >= 0.3 is 5.97 Å². The van der Waals surface area contributed by atoms with E-state index in [0.717, 1.165) is 38.8 Å². The Balaban J connectivity index is 2.87. The van der Waals surface area contributed by atoms with Gasteiger partial charge in [0.25, 0.3) is 0 Å². The summed E-state index contributed by atoms with van der Waals surface area (Å²) in [6.45, 7) is 11.4. The van der Waals surface area contributed by atoms with E-state index in [4.69, 9.17) is 4.74 Å². The van der Waals surface area contributed by atoms with Gasteiger partial charge < -0.3 is 9.84 Å². The average Bonchev–Trinajstić information content (AvgIpc) is 2.47. The van der Waals surface area contributed by atoms with Crippen LogP contribution in [-0.2, 0) is 9.53 Å². The first kappa shape index (κ1) is 18.4. The third-order valence-corrected chi connectivity index (χ3v) is 5.61. The number of likely N-dealkylation sites (N-methyl/N-ethyl adjacent to an activating group) is 1. The lowest BCUT2D eigenvalue weighted by Crippen LogP contribution is -2.50. The molecule has 3 unspecified atom stereocenters. The molecule has 1 rings (SSSR count). The van der Waals surface area contributed by atoms with Gasteiger partial charge in [0.1, 0.15) is 0 Å². The van der Waals surface area contributed by atoms with Gasteiger partial charge in [-0.3, -0.25) is 9.69 Å². The highest BCUT2D eigenvalue weighted by atomic mass is 16.5. The van der Waals surface area contributed by atoms with E-state index in [1.165, 1.54) is 0 Å². The van der Waals surface area contributed by atoms with Crippen molar-refractivity contribution in [3.63, 3.8) is 0 Å². The molecule has 0 aromatic heterocycles. The first-order chi connectivity index (χ1) is 9.87. The number of aliphatic carboxylic acids is 1. The monoisotopic (exact) mass is 299 g/mol. The van der Waals surface area contributed by atoms with Crippen LogP contribution in [0.25, 0.3) is 0 Å². The van der Waals surface area contributed by atoms with Crippen LogP contribution < -0.4 is 0 Å². The van der Waals surface area contributed by atoms with E-state index < -0.39 is 5.97 Å². The predicted molar refractivity (Wildman–Crippen MR) is 85.4 cm³/mol. The second kappa shape index (κ2) is 8.14. The first-order valence-electron chi connectivity index (χ1n) is 8.33. The molecule has 1 aliphatic rings. The quantitative estimate of drug-likeness (QED) is 0.747. The Morgan fingerprint density at radius 3 is 2.48 bits per heavy atom. The number of hydrogen-bond donors (Lipinski definition) is 1. The van der Waals surface area contributed by atoms with E-state index in [0.29, 0.717) is 17.9 Å². The Morgan fingerprint density at radius 1 is 1.33 bits per heavy atom. The predicted octanol–water partition coefficient (Wildman–Crippen LogP) is 3.26. The van der Waals surface area contributed by atoms with Gasteiger partial charge in [-0.2, -0.15) is 0 Å². The van der Waals surface area contributed by atoms with Crippen LogP contribution in [0.1, 0.15) is 53.4 Å². The number of carboxylic acids is 1. The molecular formula is C17H33NO3. The fourth-order valence-corrected chi connectivity index (χ4v) is 3.60. The van der Waals surface area contributed by atoms with Gasteiger partial charge in [-0.05, 0) is 37.1 Å². The van der Waals surface area contributed by atoms with Crippen LogP contribution in [0.2, 0.25) is 0 Å². The highest BCUT2D eigenvalue weighted by molar-refractivity contribution is 5.71. The molecule has 0 saturated heterocycles. The molecule has 1 aliphatic carbocycles. The maximum atomic E-state index is 11.6.